The molecule has 0 spiro atoms. The van der Waals surface area contributed by atoms with Crippen molar-refractivity contribution in [3.05, 3.63) is 182 Å². The van der Waals surface area contributed by atoms with Gasteiger partial charge in [0, 0.05) is 54.7 Å². The van der Waals surface area contributed by atoms with E-state index in [1.54, 1.807) is 0 Å². The van der Waals surface area contributed by atoms with Crippen LogP contribution in [0.2, 0.25) is 0 Å². The summed E-state index contributed by atoms with van der Waals surface area (Å²) in [6.45, 7) is 0. The topological polar surface area (TPSA) is 44.1 Å². The molecular weight excluding hydrogens is 651 g/mol. The first-order valence-corrected chi connectivity index (χ1v) is 17.8. The van der Waals surface area contributed by atoms with E-state index in [1.165, 1.54) is 43.6 Å². The van der Waals surface area contributed by atoms with Crippen molar-refractivity contribution in [2.24, 2.45) is 0 Å². The van der Waals surface area contributed by atoms with Gasteiger partial charge in [-0.05, 0) is 109 Å². The highest BCUT2D eigenvalue weighted by molar-refractivity contribution is 6.10. The summed E-state index contributed by atoms with van der Waals surface area (Å²) in [6.07, 6.45) is 0. The smallest absolute Gasteiger partial charge is 0.128 e. The number of hydrogen-bond acceptors (Lipinski definition) is 2. The molecule has 250 valence electrons. The lowest BCUT2D eigenvalue weighted by molar-refractivity contribution is 0.483. The van der Waals surface area contributed by atoms with E-state index in [9.17, 15) is 0 Å². The molecule has 5 heteroatoms. The molecule has 0 unspecified atom stereocenters. The van der Waals surface area contributed by atoms with Gasteiger partial charge in [-0.25, -0.2) is 0 Å². The molecule has 8 aromatic carbocycles. The number of benzene rings is 8. The normalized spacial score (nSPS) is 11.8. The quantitative estimate of drug-likeness (QED) is 0.190. The van der Waals surface area contributed by atoms with Gasteiger partial charge in [-0.2, -0.15) is 0 Å². The standard InChI is InChI=1S/C48H31N3O2/c1-5-13-45-37(9-1)38-10-2-6-14-46(38)50(45)31-17-21-33(22-18-31)52-35-25-27-43-41(29-35)42-30-36(26-28-44(42)49-43)53-34-23-19-32(20-24-34)51-47-15-7-3-11-39(47)40-12-4-8-16-48(40)51/h1-30,49H. The molecule has 0 aliphatic heterocycles. The van der Waals surface area contributed by atoms with Crippen LogP contribution >= 0.6 is 0 Å². The Morgan fingerprint density at radius 1 is 0.302 bits per heavy atom. The van der Waals surface area contributed by atoms with Crippen LogP contribution in [0.25, 0.3) is 76.8 Å². The summed E-state index contributed by atoms with van der Waals surface area (Å²) in [6, 6.07) is 63.2. The minimum absolute atomic E-state index is 0.773. The Labute approximate surface area is 304 Å². The Kier molecular flexibility index (Phi) is 6.48. The van der Waals surface area contributed by atoms with E-state index < -0.39 is 0 Å². The molecule has 0 bridgehead atoms. The second kappa shape index (κ2) is 11.7. The van der Waals surface area contributed by atoms with Crippen molar-refractivity contribution < 1.29 is 9.47 Å². The van der Waals surface area contributed by atoms with E-state index >= 15 is 0 Å². The molecule has 5 nitrogen and oxygen atoms in total. The van der Waals surface area contributed by atoms with E-state index in [1.807, 2.05) is 36.4 Å². The van der Waals surface area contributed by atoms with Gasteiger partial charge in [-0.1, -0.05) is 72.8 Å². The number of aromatic nitrogens is 3. The summed E-state index contributed by atoms with van der Waals surface area (Å²) in [5.74, 6) is 3.11. The second-order valence-corrected chi connectivity index (χ2v) is 13.5. The maximum atomic E-state index is 6.42. The average molecular weight is 682 g/mol. The molecular formula is C48H31N3O2. The molecule has 0 saturated heterocycles. The number of rotatable bonds is 6. The number of ether oxygens (including phenoxy) is 2. The van der Waals surface area contributed by atoms with Crippen LogP contribution in [0.4, 0.5) is 0 Å². The Balaban J connectivity index is 0.872. The van der Waals surface area contributed by atoms with E-state index in [-0.39, 0.29) is 0 Å². The van der Waals surface area contributed by atoms with Crippen LogP contribution in [0.1, 0.15) is 0 Å². The zero-order chi connectivity index (χ0) is 34.9. The van der Waals surface area contributed by atoms with E-state index in [2.05, 4.69) is 160 Å². The highest BCUT2D eigenvalue weighted by Gasteiger charge is 2.14. The highest BCUT2D eigenvalue weighted by atomic mass is 16.5. The third kappa shape index (κ3) is 4.79. The van der Waals surface area contributed by atoms with Crippen LogP contribution in [0.5, 0.6) is 23.0 Å². The molecule has 0 radical (unpaired) electrons. The summed E-state index contributed by atoms with van der Waals surface area (Å²) in [7, 11) is 0. The summed E-state index contributed by atoms with van der Waals surface area (Å²) >= 11 is 0. The Morgan fingerprint density at radius 3 is 0.981 bits per heavy atom. The van der Waals surface area contributed by atoms with E-state index in [4.69, 9.17) is 9.47 Å². The van der Waals surface area contributed by atoms with E-state index in [0.717, 1.165) is 56.2 Å². The van der Waals surface area contributed by atoms with E-state index in [0.29, 0.717) is 0 Å². The monoisotopic (exact) mass is 681 g/mol. The number of aromatic amines is 1. The molecule has 0 amide bonds. The summed E-state index contributed by atoms with van der Waals surface area (Å²) < 4.78 is 17.5. The van der Waals surface area contributed by atoms with Crippen molar-refractivity contribution in [2.45, 2.75) is 0 Å². The zero-order valence-electron chi connectivity index (χ0n) is 28.5. The molecule has 1 N–H and O–H groups in total. The van der Waals surface area contributed by atoms with Crippen LogP contribution in [-0.4, -0.2) is 14.1 Å². The van der Waals surface area contributed by atoms with Crippen LogP contribution in [0, 0.1) is 0 Å². The van der Waals surface area contributed by atoms with Crippen molar-refractivity contribution in [1.29, 1.82) is 0 Å². The molecule has 3 heterocycles. The highest BCUT2D eigenvalue weighted by Crippen LogP contribution is 2.37. The number of para-hydroxylation sites is 4. The van der Waals surface area contributed by atoms with Gasteiger partial charge in [0.05, 0.1) is 22.1 Å². The fourth-order valence-corrected chi connectivity index (χ4v) is 7.98. The second-order valence-electron chi connectivity index (χ2n) is 13.5. The number of nitrogens with one attached hydrogen (secondary N) is 1. The SMILES string of the molecule is c1ccc2c(c1)c1ccccc1n2-c1ccc(Oc2ccc3[nH]c4ccc(Oc5ccc(-n6c7ccccc7c7ccccc76)cc5)cc4c3c2)cc1. The molecule has 53 heavy (non-hydrogen) atoms. The molecule has 0 aliphatic rings. The fourth-order valence-electron chi connectivity index (χ4n) is 7.98. The maximum Gasteiger partial charge on any atom is 0.128 e. The molecule has 0 saturated carbocycles. The van der Waals surface area contributed by atoms with Crippen molar-refractivity contribution >= 4 is 65.4 Å². The molecule has 0 atom stereocenters. The van der Waals surface area contributed by atoms with Crippen LogP contribution in [0.3, 0.4) is 0 Å². The fraction of sp³-hybridized carbons (Fsp3) is 0. The van der Waals surface area contributed by atoms with Crippen molar-refractivity contribution in [2.75, 3.05) is 0 Å². The Morgan fingerprint density at radius 2 is 0.623 bits per heavy atom. The summed E-state index contributed by atoms with van der Waals surface area (Å²) in [4.78, 5) is 3.55. The minimum atomic E-state index is 0.773. The first kappa shape index (κ1) is 29.5. The van der Waals surface area contributed by atoms with Gasteiger partial charge in [-0.3, -0.25) is 0 Å². The third-order valence-corrected chi connectivity index (χ3v) is 10.4. The van der Waals surface area contributed by atoms with Crippen molar-refractivity contribution in [3.8, 4) is 34.4 Å². The first-order valence-electron chi connectivity index (χ1n) is 17.8. The number of hydrogen-bond donors (Lipinski definition) is 1. The van der Waals surface area contributed by atoms with Crippen LogP contribution in [-0.2, 0) is 0 Å². The number of fused-ring (bicyclic) bond motifs is 9. The molecule has 3 aromatic heterocycles. The average Bonchev–Trinajstić information content (AvgIpc) is 3.86. The van der Waals surface area contributed by atoms with Gasteiger partial charge in [0.25, 0.3) is 0 Å². The molecule has 0 fully saturated rings. The zero-order valence-corrected chi connectivity index (χ0v) is 28.5. The predicted octanol–water partition coefficient (Wildman–Crippen LogP) is 13.1. The van der Waals surface area contributed by atoms with Gasteiger partial charge < -0.3 is 23.6 Å². The van der Waals surface area contributed by atoms with Gasteiger partial charge in [0.15, 0.2) is 0 Å². The summed E-state index contributed by atoms with van der Waals surface area (Å²) in [5.41, 5.74) is 9.02. The predicted molar refractivity (Wildman–Crippen MR) is 218 cm³/mol. The largest absolute Gasteiger partial charge is 0.457 e. The van der Waals surface area contributed by atoms with Gasteiger partial charge in [-0.15, -0.1) is 0 Å². The summed E-state index contributed by atoms with van der Waals surface area (Å²) in [5, 5.41) is 7.14. The Hall–Kier alpha value is -7.24. The van der Waals surface area contributed by atoms with Gasteiger partial charge in [0.2, 0.25) is 0 Å². The van der Waals surface area contributed by atoms with Crippen LogP contribution < -0.4 is 9.47 Å². The van der Waals surface area contributed by atoms with Crippen molar-refractivity contribution in [1.82, 2.24) is 14.1 Å². The lowest BCUT2D eigenvalue weighted by Crippen LogP contribution is -1.93. The third-order valence-electron chi connectivity index (χ3n) is 10.4. The van der Waals surface area contributed by atoms with Gasteiger partial charge >= 0.3 is 0 Å². The van der Waals surface area contributed by atoms with Crippen molar-refractivity contribution in [3.63, 3.8) is 0 Å². The Bertz CT molecular complexity index is 2850. The lowest BCUT2D eigenvalue weighted by atomic mass is 10.1. The molecule has 0 aliphatic carbocycles. The maximum absolute atomic E-state index is 6.42. The lowest BCUT2D eigenvalue weighted by Gasteiger charge is -2.11. The minimum Gasteiger partial charge on any atom is -0.457 e. The first-order chi connectivity index (χ1) is 26.2. The molecule has 11 aromatic rings. The molecule has 11 rings (SSSR count). The van der Waals surface area contributed by atoms with Crippen LogP contribution in [0.15, 0.2) is 182 Å². The van der Waals surface area contributed by atoms with Gasteiger partial charge in [0.1, 0.15) is 23.0 Å². The number of nitrogens with zero attached hydrogens (tertiary/aromatic N) is 2. The number of H-pyrrole nitrogens is 1.